The third-order valence-electron chi connectivity index (χ3n) is 4.49. The summed E-state index contributed by atoms with van der Waals surface area (Å²) >= 11 is 0. The summed E-state index contributed by atoms with van der Waals surface area (Å²) in [6, 6.07) is 0. The normalized spacial score (nSPS) is 24.7. The van der Waals surface area contributed by atoms with E-state index in [0.29, 0.717) is 44.9 Å². The molecule has 1 amide bonds. The minimum absolute atomic E-state index is 0.104. The number of hydrogen-bond donors (Lipinski definition) is 2. The Bertz CT molecular complexity index is 279. The molecule has 0 aromatic rings. The van der Waals surface area contributed by atoms with E-state index in [4.69, 9.17) is 4.74 Å². The van der Waals surface area contributed by atoms with Crippen LogP contribution in [0.4, 0.5) is 0 Å². The number of ether oxygens (including phenoxy) is 1. The van der Waals surface area contributed by atoms with Crippen molar-refractivity contribution in [2.75, 3.05) is 19.8 Å². The quantitative estimate of drug-likeness (QED) is 0.768. The van der Waals surface area contributed by atoms with Crippen LogP contribution < -0.4 is 5.32 Å². The molecule has 2 aliphatic rings. The fourth-order valence-electron chi connectivity index (χ4n) is 3.09. The Morgan fingerprint density at radius 2 is 1.79 bits per heavy atom. The Hall–Kier alpha value is -0.610. The molecule has 1 aliphatic heterocycles. The summed E-state index contributed by atoms with van der Waals surface area (Å²) in [5.41, 5.74) is -0.753. The molecule has 4 heteroatoms. The minimum atomic E-state index is -0.753. The van der Waals surface area contributed by atoms with E-state index in [1.54, 1.807) is 0 Å². The van der Waals surface area contributed by atoms with Gasteiger partial charge in [-0.05, 0) is 18.8 Å². The SMILES string of the molecule is O=C(CC1CCCCCC1)NCC1(O)CCOCC1. The van der Waals surface area contributed by atoms with Crippen molar-refractivity contribution < 1.29 is 14.6 Å². The molecule has 19 heavy (non-hydrogen) atoms. The topological polar surface area (TPSA) is 58.6 Å². The Morgan fingerprint density at radius 3 is 2.42 bits per heavy atom. The van der Waals surface area contributed by atoms with Crippen LogP contribution in [0.25, 0.3) is 0 Å². The van der Waals surface area contributed by atoms with Gasteiger partial charge in [0.25, 0.3) is 0 Å². The zero-order chi connectivity index (χ0) is 13.6. The van der Waals surface area contributed by atoms with Gasteiger partial charge in [-0.25, -0.2) is 0 Å². The Balaban J connectivity index is 1.68. The lowest BCUT2D eigenvalue weighted by atomic mass is 9.93. The van der Waals surface area contributed by atoms with Crippen LogP contribution in [0.15, 0.2) is 0 Å². The maximum atomic E-state index is 12.0. The fourth-order valence-corrected chi connectivity index (χ4v) is 3.09. The summed E-state index contributed by atoms with van der Waals surface area (Å²) in [4.78, 5) is 12.0. The highest BCUT2D eigenvalue weighted by Gasteiger charge is 2.30. The minimum Gasteiger partial charge on any atom is -0.388 e. The number of rotatable bonds is 4. The van der Waals surface area contributed by atoms with E-state index in [-0.39, 0.29) is 5.91 Å². The summed E-state index contributed by atoms with van der Waals surface area (Å²) in [5.74, 6) is 0.652. The van der Waals surface area contributed by atoms with Crippen molar-refractivity contribution in [2.24, 2.45) is 5.92 Å². The van der Waals surface area contributed by atoms with Gasteiger partial charge >= 0.3 is 0 Å². The molecule has 0 unspecified atom stereocenters. The molecular weight excluding hydrogens is 242 g/mol. The van der Waals surface area contributed by atoms with Gasteiger partial charge in [-0.15, -0.1) is 0 Å². The van der Waals surface area contributed by atoms with Crippen molar-refractivity contribution in [2.45, 2.75) is 63.4 Å². The van der Waals surface area contributed by atoms with Gasteiger partial charge in [-0.2, -0.15) is 0 Å². The second-order valence-corrected chi connectivity index (χ2v) is 6.18. The van der Waals surface area contributed by atoms with Gasteiger partial charge < -0.3 is 15.2 Å². The van der Waals surface area contributed by atoms with Crippen LogP contribution in [0.2, 0.25) is 0 Å². The molecule has 0 bridgehead atoms. The highest BCUT2D eigenvalue weighted by molar-refractivity contribution is 5.76. The number of amides is 1. The molecule has 1 heterocycles. The second kappa shape index (κ2) is 7.25. The van der Waals surface area contributed by atoms with Gasteiger partial charge in [0.1, 0.15) is 0 Å². The molecule has 0 atom stereocenters. The van der Waals surface area contributed by atoms with Crippen LogP contribution in [0.5, 0.6) is 0 Å². The van der Waals surface area contributed by atoms with Gasteiger partial charge in [-0.1, -0.05) is 25.7 Å². The molecule has 0 aromatic heterocycles. The number of carbonyl (C=O) groups excluding carboxylic acids is 1. The summed E-state index contributed by atoms with van der Waals surface area (Å²) < 4.78 is 5.23. The summed E-state index contributed by atoms with van der Waals surface area (Å²) in [6.45, 7) is 1.56. The first-order valence-corrected chi connectivity index (χ1v) is 7.75. The predicted molar refractivity (Wildman–Crippen MR) is 73.8 cm³/mol. The summed E-state index contributed by atoms with van der Waals surface area (Å²) in [6.07, 6.45) is 9.41. The maximum Gasteiger partial charge on any atom is 0.220 e. The van der Waals surface area contributed by atoms with Crippen LogP contribution in [0, 0.1) is 5.92 Å². The first-order valence-electron chi connectivity index (χ1n) is 7.75. The van der Waals surface area contributed by atoms with E-state index in [1.807, 2.05) is 0 Å². The highest BCUT2D eigenvalue weighted by atomic mass is 16.5. The van der Waals surface area contributed by atoms with Crippen molar-refractivity contribution in [1.82, 2.24) is 5.32 Å². The number of aliphatic hydroxyl groups is 1. The fraction of sp³-hybridized carbons (Fsp3) is 0.933. The summed E-state index contributed by atoms with van der Waals surface area (Å²) in [7, 11) is 0. The molecule has 0 aromatic carbocycles. The molecule has 110 valence electrons. The number of nitrogens with one attached hydrogen (secondary N) is 1. The molecule has 2 rings (SSSR count). The molecular formula is C15H27NO3. The molecule has 1 aliphatic carbocycles. The average Bonchev–Trinajstić information content (AvgIpc) is 2.66. The maximum absolute atomic E-state index is 12.0. The van der Waals surface area contributed by atoms with E-state index < -0.39 is 5.60 Å². The van der Waals surface area contributed by atoms with Crippen LogP contribution >= 0.6 is 0 Å². The van der Waals surface area contributed by atoms with Crippen molar-refractivity contribution in [3.8, 4) is 0 Å². The molecule has 2 fully saturated rings. The molecule has 1 saturated carbocycles. The first-order chi connectivity index (χ1) is 9.18. The van der Waals surface area contributed by atoms with Crippen molar-refractivity contribution >= 4 is 5.91 Å². The second-order valence-electron chi connectivity index (χ2n) is 6.18. The Kier molecular flexibility index (Phi) is 5.64. The van der Waals surface area contributed by atoms with Gasteiger partial charge in [0.15, 0.2) is 0 Å². The Morgan fingerprint density at radius 1 is 1.16 bits per heavy atom. The third-order valence-corrected chi connectivity index (χ3v) is 4.49. The largest absolute Gasteiger partial charge is 0.388 e. The van der Waals surface area contributed by atoms with Crippen molar-refractivity contribution in [3.05, 3.63) is 0 Å². The molecule has 0 radical (unpaired) electrons. The lowest BCUT2D eigenvalue weighted by molar-refractivity contribution is -0.124. The lowest BCUT2D eigenvalue weighted by Crippen LogP contribution is -2.46. The zero-order valence-electron chi connectivity index (χ0n) is 11.8. The smallest absolute Gasteiger partial charge is 0.220 e. The van der Waals surface area contributed by atoms with Crippen LogP contribution in [0.1, 0.15) is 57.8 Å². The molecule has 4 nitrogen and oxygen atoms in total. The van der Waals surface area contributed by atoms with E-state index in [1.165, 1.54) is 38.5 Å². The molecule has 1 saturated heterocycles. The van der Waals surface area contributed by atoms with Crippen LogP contribution in [-0.4, -0.2) is 36.4 Å². The molecule has 0 spiro atoms. The summed E-state index contributed by atoms with van der Waals surface area (Å²) in [5, 5.41) is 13.2. The van der Waals surface area contributed by atoms with Crippen LogP contribution in [0.3, 0.4) is 0 Å². The van der Waals surface area contributed by atoms with Gasteiger partial charge in [-0.3, -0.25) is 4.79 Å². The van der Waals surface area contributed by atoms with Crippen molar-refractivity contribution in [1.29, 1.82) is 0 Å². The van der Waals surface area contributed by atoms with E-state index in [2.05, 4.69) is 5.32 Å². The van der Waals surface area contributed by atoms with Crippen LogP contribution in [-0.2, 0) is 9.53 Å². The van der Waals surface area contributed by atoms with E-state index in [9.17, 15) is 9.90 Å². The number of hydrogen-bond acceptors (Lipinski definition) is 3. The lowest BCUT2D eigenvalue weighted by Gasteiger charge is -2.32. The van der Waals surface area contributed by atoms with Crippen molar-refractivity contribution in [3.63, 3.8) is 0 Å². The third kappa shape index (κ3) is 5.11. The van der Waals surface area contributed by atoms with Gasteiger partial charge in [0.2, 0.25) is 5.91 Å². The predicted octanol–water partition coefficient (Wildman–Crippen LogP) is 2.00. The molecule has 2 N–H and O–H groups in total. The highest BCUT2D eigenvalue weighted by Crippen LogP contribution is 2.25. The van der Waals surface area contributed by atoms with Gasteiger partial charge in [0.05, 0.1) is 5.60 Å². The Labute approximate surface area is 115 Å². The number of carbonyl (C=O) groups is 1. The monoisotopic (exact) mass is 269 g/mol. The standard InChI is InChI=1S/C15H27NO3/c17-14(11-13-5-3-1-2-4-6-13)16-12-15(18)7-9-19-10-8-15/h13,18H,1-12H2,(H,16,17). The zero-order valence-corrected chi connectivity index (χ0v) is 11.8. The first kappa shape index (κ1) is 14.8. The van der Waals surface area contributed by atoms with E-state index >= 15 is 0 Å². The van der Waals surface area contributed by atoms with Gasteiger partial charge in [0, 0.05) is 39.0 Å². The van der Waals surface area contributed by atoms with E-state index in [0.717, 1.165) is 0 Å². The average molecular weight is 269 g/mol.